The number of aromatic nitrogens is 1. The number of nitrogens with zero attached hydrogens (tertiary/aromatic N) is 1. The third kappa shape index (κ3) is 5.52. The van der Waals surface area contributed by atoms with Crippen molar-refractivity contribution in [3.8, 4) is 0 Å². The van der Waals surface area contributed by atoms with Gasteiger partial charge >= 0.3 is 0 Å². The number of nitrogens with one attached hydrogen (secondary N) is 1. The van der Waals surface area contributed by atoms with Crippen LogP contribution in [-0.2, 0) is 11.3 Å². The van der Waals surface area contributed by atoms with Gasteiger partial charge in [-0.3, -0.25) is 9.78 Å². The zero-order chi connectivity index (χ0) is 10.9. The SMILES string of the molecule is O=C(CCCCBr)NCc1cccnc1. The highest BCUT2D eigenvalue weighted by atomic mass is 79.9. The van der Waals surface area contributed by atoms with Gasteiger partial charge in [0, 0.05) is 30.7 Å². The third-order valence-electron chi connectivity index (χ3n) is 2.00. The number of carbonyl (C=O) groups is 1. The molecule has 1 aromatic heterocycles. The van der Waals surface area contributed by atoms with Crippen molar-refractivity contribution in [1.29, 1.82) is 0 Å². The third-order valence-corrected chi connectivity index (χ3v) is 2.56. The minimum atomic E-state index is 0.111. The van der Waals surface area contributed by atoms with E-state index in [-0.39, 0.29) is 5.91 Å². The van der Waals surface area contributed by atoms with Crippen LogP contribution in [0.15, 0.2) is 24.5 Å². The second-order valence-corrected chi connectivity index (χ2v) is 4.08. The molecule has 0 atom stereocenters. The second kappa shape index (κ2) is 7.40. The summed E-state index contributed by atoms with van der Waals surface area (Å²) in [7, 11) is 0. The zero-order valence-electron chi connectivity index (χ0n) is 8.58. The fourth-order valence-corrected chi connectivity index (χ4v) is 1.57. The van der Waals surface area contributed by atoms with E-state index in [0.717, 1.165) is 23.7 Å². The van der Waals surface area contributed by atoms with Gasteiger partial charge < -0.3 is 5.32 Å². The number of halogens is 1. The highest BCUT2D eigenvalue weighted by molar-refractivity contribution is 9.09. The Bertz CT molecular complexity index is 290. The van der Waals surface area contributed by atoms with Crippen molar-refractivity contribution < 1.29 is 4.79 Å². The predicted octanol–water partition coefficient (Wildman–Crippen LogP) is 2.26. The molecule has 0 fully saturated rings. The Morgan fingerprint density at radius 1 is 1.47 bits per heavy atom. The van der Waals surface area contributed by atoms with E-state index >= 15 is 0 Å². The number of amides is 1. The van der Waals surface area contributed by atoms with Gasteiger partial charge in [0.15, 0.2) is 0 Å². The van der Waals surface area contributed by atoms with E-state index in [1.807, 2.05) is 12.1 Å². The largest absolute Gasteiger partial charge is 0.352 e. The summed E-state index contributed by atoms with van der Waals surface area (Å²) in [6.07, 6.45) is 6.07. The molecular formula is C11H15BrN2O. The molecule has 0 spiro atoms. The standard InChI is InChI=1S/C11H15BrN2O/c12-6-2-1-5-11(15)14-9-10-4-3-7-13-8-10/h3-4,7-8H,1-2,5-6,9H2,(H,14,15). The van der Waals surface area contributed by atoms with Crippen molar-refractivity contribution in [2.75, 3.05) is 5.33 Å². The molecule has 0 aliphatic carbocycles. The number of pyridine rings is 1. The van der Waals surface area contributed by atoms with Crippen molar-refractivity contribution >= 4 is 21.8 Å². The van der Waals surface area contributed by atoms with Crippen LogP contribution < -0.4 is 5.32 Å². The fourth-order valence-electron chi connectivity index (χ4n) is 1.17. The fraction of sp³-hybridized carbons (Fsp3) is 0.455. The first-order chi connectivity index (χ1) is 7.33. The molecule has 0 saturated carbocycles. The van der Waals surface area contributed by atoms with Crippen LogP contribution in [0.25, 0.3) is 0 Å². The van der Waals surface area contributed by atoms with Crippen LogP contribution in [0.5, 0.6) is 0 Å². The van der Waals surface area contributed by atoms with Crippen LogP contribution in [0, 0.1) is 0 Å². The first kappa shape index (κ1) is 12.2. The highest BCUT2D eigenvalue weighted by Gasteiger charge is 2.00. The molecule has 3 nitrogen and oxygen atoms in total. The van der Waals surface area contributed by atoms with Gasteiger partial charge in [0.2, 0.25) is 5.91 Å². The summed E-state index contributed by atoms with van der Waals surface area (Å²) in [6.45, 7) is 0.570. The van der Waals surface area contributed by atoms with E-state index in [4.69, 9.17) is 0 Å². The summed E-state index contributed by atoms with van der Waals surface area (Å²) in [6, 6.07) is 3.82. The van der Waals surface area contributed by atoms with E-state index in [2.05, 4.69) is 26.2 Å². The van der Waals surface area contributed by atoms with Crippen LogP contribution in [0.1, 0.15) is 24.8 Å². The monoisotopic (exact) mass is 270 g/mol. The first-order valence-corrected chi connectivity index (χ1v) is 6.16. The number of alkyl halides is 1. The number of rotatable bonds is 6. The number of hydrogen-bond donors (Lipinski definition) is 1. The van der Waals surface area contributed by atoms with Gasteiger partial charge in [0.1, 0.15) is 0 Å². The Hall–Kier alpha value is -0.900. The lowest BCUT2D eigenvalue weighted by Crippen LogP contribution is -2.22. The van der Waals surface area contributed by atoms with Gasteiger partial charge in [-0.25, -0.2) is 0 Å². The average molecular weight is 271 g/mol. The van der Waals surface area contributed by atoms with Crippen LogP contribution in [0.4, 0.5) is 0 Å². The Morgan fingerprint density at radius 3 is 3.00 bits per heavy atom. The molecule has 0 aliphatic rings. The van der Waals surface area contributed by atoms with E-state index in [1.54, 1.807) is 12.4 Å². The first-order valence-electron chi connectivity index (χ1n) is 5.04. The molecule has 1 amide bonds. The lowest BCUT2D eigenvalue weighted by atomic mass is 10.2. The highest BCUT2D eigenvalue weighted by Crippen LogP contribution is 1.99. The molecule has 0 saturated heterocycles. The Balaban J connectivity index is 2.17. The Labute approximate surface area is 98.4 Å². The molecule has 1 N–H and O–H groups in total. The molecule has 1 rings (SSSR count). The lowest BCUT2D eigenvalue weighted by Gasteiger charge is -2.04. The van der Waals surface area contributed by atoms with Gasteiger partial charge in [-0.2, -0.15) is 0 Å². The molecule has 0 radical (unpaired) electrons. The molecule has 0 aliphatic heterocycles. The van der Waals surface area contributed by atoms with Gasteiger partial charge in [0.05, 0.1) is 0 Å². The van der Waals surface area contributed by atoms with Crippen molar-refractivity contribution in [3.05, 3.63) is 30.1 Å². The van der Waals surface area contributed by atoms with Crippen LogP contribution in [-0.4, -0.2) is 16.2 Å². The Kier molecular flexibility index (Phi) is 6.00. The Morgan fingerprint density at radius 2 is 2.33 bits per heavy atom. The summed E-state index contributed by atoms with van der Waals surface area (Å²) < 4.78 is 0. The molecule has 1 aromatic rings. The van der Waals surface area contributed by atoms with E-state index in [0.29, 0.717) is 13.0 Å². The van der Waals surface area contributed by atoms with Crippen molar-refractivity contribution in [2.24, 2.45) is 0 Å². The average Bonchev–Trinajstić information content (AvgIpc) is 2.28. The molecular weight excluding hydrogens is 256 g/mol. The predicted molar refractivity (Wildman–Crippen MR) is 63.7 cm³/mol. The van der Waals surface area contributed by atoms with E-state index < -0.39 is 0 Å². The molecule has 1 heterocycles. The minimum absolute atomic E-state index is 0.111. The van der Waals surface area contributed by atoms with Crippen LogP contribution in [0.2, 0.25) is 0 Å². The summed E-state index contributed by atoms with van der Waals surface area (Å²) >= 11 is 3.34. The van der Waals surface area contributed by atoms with E-state index in [9.17, 15) is 4.79 Å². The minimum Gasteiger partial charge on any atom is -0.352 e. The summed E-state index contributed by atoms with van der Waals surface area (Å²) in [5.41, 5.74) is 1.03. The van der Waals surface area contributed by atoms with Crippen LogP contribution in [0.3, 0.4) is 0 Å². The molecule has 0 bridgehead atoms. The summed E-state index contributed by atoms with van der Waals surface area (Å²) in [5.74, 6) is 0.111. The molecule has 15 heavy (non-hydrogen) atoms. The van der Waals surface area contributed by atoms with Crippen molar-refractivity contribution in [3.63, 3.8) is 0 Å². The maximum Gasteiger partial charge on any atom is 0.220 e. The summed E-state index contributed by atoms with van der Waals surface area (Å²) in [4.78, 5) is 15.3. The maximum absolute atomic E-state index is 11.3. The quantitative estimate of drug-likeness (QED) is 0.637. The number of carbonyl (C=O) groups excluding carboxylic acids is 1. The van der Waals surface area contributed by atoms with Gasteiger partial charge in [-0.05, 0) is 24.5 Å². The van der Waals surface area contributed by atoms with Crippen LogP contribution >= 0.6 is 15.9 Å². The zero-order valence-corrected chi connectivity index (χ0v) is 10.2. The number of hydrogen-bond acceptors (Lipinski definition) is 2. The normalized spacial score (nSPS) is 9.93. The summed E-state index contributed by atoms with van der Waals surface area (Å²) in [5, 5.41) is 3.82. The van der Waals surface area contributed by atoms with Gasteiger partial charge in [-0.1, -0.05) is 22.0 Å². The molecule has 4 heteroatoms. The maximum atomic E-state index is 11.3. The van der Waals surface area contributed by atoms with Gasteiger partial charge in [0.25, 0.3) is 0 Å². The topological polar surface area (TPSA) is 42.0 Å². The lowest BCUT2D eigenvalue weighted by molar-refractivity contribution is -0.121. The second-order valence-electron chi connectivity index (χ2n) is 3.28. The molecule has 82 valence electrons. The van der Waals surface area contributed by atoms with Crippen molar-refractivity contribution in [2.45, 2.75) is 25.8 Å². The molecule has 0 aromatic carbocycles. The number of unbranched alkanes of at least 4 members (excludes halogenated alkanes) is 1. The smallest absolute Gasteiger partial charge is 0.220 e. The van der Waals surface area contributed by atoms with Crippen molar-refractivity contribution in [1.82, 2.24) is 10.3 Å². The van der Waals surface area contributed by atoms with E-state index in [1.165, 1.54) is 0 Å². The molecule has 0 unspecified atom stereocenters. The van der Waals surface area contributed by atoms with Gasteiger partial charge in [-0.15, -0.1) is 0 Å².